The molecule has 3 aromatic rings. The van der Waals surface area contributed by atoms with Crippen molar-refractivity contribution in [2.24, 2.45) is 0 Å². The largest absolute Gasteiger partial charge is 0.0629 e. The first-order chi connectivity index (χ1) is 11.4. The molecule has 92 valence electrons. The summed E-state index contributed by atoms with van der Waals surface area (Å²) in [4.78, 5) is 0. The van der Waals surface area contributed by atoms with Crippen LogP contribution in [-0.4, -0.2) is 0 Å². The number of halogens is 1. The lowest BCUT2D eigenvalue weighted by Crippen LogP contribution is -1.82. The van der Waals surface area contributed by atoms with E-state index in [2.05, 4.69) is 15.9 Å². The topological polar surface area (TPSA) is 0 Å². The number of benzene rings is 3. The summed E-state index contributed by atoms with van der Waals surface area (Å²) in [6.45, 7) is 0. The van der Waals surface area contributed by atoms with Gasteiger partial charge in [0.05, 0.1) is 6.85 Å². The molecule has 3 rings (SSSR count). The van der Waals surface area contributed by atoms with Gasteiger partial charge in [-0.15, -0.1) is 0 Å². The minimum absolute atomic E-state index is 0.190. The zero-order chi connectivity index (χ0) is 17.4. The summed E-state index contributed by atoms with van der Waals surface area (Å²) in [6.07, 6.45) is 0. The fourth-order valence-corrected chi connectivity index (χ4v) is 2.45. The third kappa shape index (κ3) is 2.61. The van der Waals surface area contributed by atoms with Gasteiger partial charge in [0.1, 0.15) is 0 Å². The molecule has 0 unspecified atom stereocenters. The average molecular weight is 314 g/mol. The van der Waals surface area contributed by atoms with Crippen LogP contribution in [0.4, 0.5) is 0 Å². The number of hydrogen-bond acceptors (Lipinski definition) is 0. The lowest BCUT2D eigenvalue weighted by atomic mass is 9.99. The summed E-state index contributed by atoms with van der Waals surface area (Å²) in [5.74, 6) is 0. The molecule has 0 nitrogen and oxygen atoms in total. The van der Waals surface area contributed by atoms with Crippen molar-refractivity contribution in [1.29, 1.82) is 0 Å². The molecule has 0 heterocycles. The molecule has 0 aromatic heterocycles. The highest BCUT2D eigenvalue weighted by molar-refractivity contribution is 9.10. The molecular weight excluding hydrogens is 296 g/mol. The molecular formula is C18H13Br. The van der Waals surface area contributed by atoms with Crippen molar-refractivity contribution in [2.75, 3.05) is 0 Å². The van der Waals surface area contributed by atoms with Crippen molar-refractivity contribution in [3.05, 3.63) is 83.2 Å². The quantitative estimate of drug-likeness (QED) is 0.562. The Morgan fingerprint density at radius 2 is 1.47 bits per heavy atom. The van der Waals surface area contributed by atoms with Crippen molar-refractivity contribution in [1.82, 2.24) is 0 Å². The Morgan fingerprint density at radius 1 is 0.737 bits per heavy atom. The van der Waals surface area contributed by atoms with Gasteiger partial charge in [0.15, 0.2) is 0 Å². The second-order valence-electron chi connectivity index (χ2n) is 4.06. The fourth-order valence-electron chi connectivity index (χ4n) is 1.93. The van der Waals surface area contributed by atoms with Crippen LogP contribution in [0.5, 0.6) is 0 Å². The first-order valence-electron chi connectivity index (χ1n) is 8.34. The zero-order valence-corrected chi connectivity index (χ0v) is 11.6. The predicted molar refractivity (Wildman–Crippen MR) is 85.0 cm³/mol. The number of hydrogen-bond donors (Lipinski definition) is 0. The Morgan fingerprint density at radius 3 is 2.26 bits per heavy atom. The standard InChI is InChI=1S/C18H13Br/c19-18-12-5-4-11-17(18)16-10-6-9-15(13-16)14-7-2-1-3-8-14/h1-13H/i1D,2D,3D,7D,8D. The third-order valence-electron chi connectivity index (χ3n) is 2.84. The van der Waals surface area contributed by atoms with Crippen LogP contribution in [0.3, 0.4) is 0 Å². The van der Waals surface area contributed by atoms with Gasteiger partial charge in [-0.2, -0.15) is 0 Å². The number of rotatable bonds is 2. The minimum atomic E-state index is -0.379. The summed E-state index contributed by atoms with van der Waals surface area (Å²) in [5, 5.41) is 0. The second-order valence-corrected chi connectivity index (χ2v) is 4.91. The van der Waals surface area contributed by atoms with E-state index in [0.717, 1.165) is 15.6 Å². The van der Waals surface area contributed by atoms with Gasteiger partial charge in [-0.3, -0.25) is 0 Å². The molecule has 0 aliphatic carbocycles. The van der Waals surface area contributed by atoms with Crippen molar-refractivity contribution in [3.63, 3.8) is 0 Å². The van der Waals surface area contributed by atoms with Gasteiger partial charge in [-0.1, -0.05) is 82.5 Å². The molecule has 0 amide bonds. The molecule has 0 saturated heterocycles. The molecule has 0 bridgehead atoms. The van der Waals surface area contributed by atoms with Crippen LogP contribution in [0.15, 0.2) is 83.2 Å². The van der Waals surface area contributed by atoms with Gasteiger partial charge in [0.25, 0.3) is 0 Å². The van der Waals surface area contributed by atoms with E-state index in [4.69, 9.17) is 6.85 Å². The van der Waals surface area contributed by atoms with Crippen LogP contribution in [0.25, 0.3) is 22.3 Å². The van der Waals surface area contributed by atoms with Gasteiger partial charge in [0, 0.05) is 4.47 Å². The molecule has 3 aromatic carbocycles. The first kappa shape index (κ1) is 7.66. The lowest BCUT2D eigenvalue weighted by molar-refractivity contribution is 1.57. The van der Waals surface area contributed by atoms with Crippen LogP contribution in [0, 0.1) is 0 Å². The normalized spacial score (nSPS) is 14.1. The maximum Gasteiger partial charge on any atom is 0.0629 e. The summed E-state index contributed by atoms with van der Waals surface area (Å²) in [6, 6.07) is 13.7. The highest BCUT2D eigenvalue weighted by Crippen LogP contribution is 2.30. The van der Waals surface area contributed by atoms with Gasteiger partial charge in [-0.05, 0) is 34.4 Å². The molecule has 0 aliphatic rings. The molecule has 0 atom stereocenters. The van der Waals surface area contributed by atoms with E-state index in [0.29, 0.717) is 5.56 Å². The van der Waals surface area contributed by atoms with Crippen LogP contribution >= 0.6 is 15.9 Å². The van der Waals surface area contributed by atoms with E-state index < -0.39 is 0 Å². The maximum absolute atomic E-state index is 8.11. The van der Waals surface area contributed by atoms with Gasteiger partial charge in [0.2, 0.25) is 0 Å². The smallest absolute Gasteiger partial charge is 0.0622 e. The van der Waals surface area contributed by atoms with E-state index in [1.807, 2.05) is 42.5 Å². The molecule has 0 N–H and O–H groups in total. The van der Waals surface area contributed by atoms with Gasteiger partial charge < -0.3 is 0 Å². The third-order valence-corrected chi connectivity index (χ3v) is 3.53. The van der Waals surface area contributed by atoms with Crippen LogP contribution in [-0.2, 0) is 0 Å². The van der Waals surface area contributed by atoms with Crippen molar-refractivity contribution in [2.45, 2.75) is 0 Å². The summed E-state index contributed by atoms with van der Waals surface area (Å²) in [5.41, 5.74) is 2.70. The molecule has 19 heavy (non-hydrogen) atoms. The second kappa shape index (κ2) is 5.41. The Balaban J connectivity index is 2.23. The van der Waals surface area contributed by atoms with E-state index in [9.17, 15) is 0 Å². The van der Waals surface area contributed by atoms with E-state index in [1.54, 1.807) is 6.07 Å². The Hall–Kier alpha value is -1.86. The molecule has 1 heteroatoms. The monoisotopic (exact) mass is 313 g/mol. The Kier molecular flexibility index (Phi) is 2.18. The van der Waals surface area contributed by atoms with Gasteiger partial charge in [-0.25, -0.2) is 0 Å². The SMILES string of the molecule is [2H]c1c([2H])c([2H])c(-c2cccc(-c3ccccc3Br)c2)c([2H])c1[2H]. The molecule has 0 saturated carbocycles. The summed E-state index contributed by atoms with van der Waals surface area (Å²) < 4.78 is 40.5. The molecule has 0 fully saturated rings. The van der Waals surface area contributed by atoms with Gasteiger partial charge >= 0.3 is 0 Å². The van der Waals surface area contributed by atoms with Crippen LogP contribution < -0.4 is 0 Å². The first-order valence-corrected chi connectivity index (χ1v) is 6.63. The maximum atomic E-state index is 8.11. The summed E-state index contributed by atoms with van der Waals surface area (Å²) in [7, 11) is 0. The lowest BCUT2D eigenvalue weighted by Gasteiger charge is -2.07. The highest BCUT2D eigenvalue weighted by atomic mass is 79.9. The molecule has 0 spiro atoms. The van der Waals surface area contributed by atoms with Crippen molar-refractivity contribution >= 4 is 15.9 Å². The van der Waals surface area contributed by atoms with E-state index >= 15 is 0 Å². The highest BCUT2D eigenvalue weighted by Gasteiger charge is 2.03. The Bertz CT molecular complexity index is 908. The fraction of sp³-hybridized carbons (Fsp3) is 0. The Labute approximate surface area is 128 Å². The van der Waals surface area contributed by atoms with Crippen molar-refractivity contribution in [3.8, 4) is 22.3 Å². The van der Waals surface area contributed by atoms with E-state index in [-0.39, 0.29) is 35.8 Å². The molecule has 0 aliphatic heterocycles. The van der Waals surface area contributed by atoms with Crippen LogP contribution in [0.2, 0.25) is 0 Å². The summed E-state index contributed by atoms with van der Waals surface area (Å²) >= 11 is 3.52. The predicted octanol–water partition coefficient (Wildman–Crippen LogP) is 5.78. The van der Waals surface area contributed by atoms with E-state index in [1.165, 1.54) is 0 Å². The average Bonchev–Trinajstić information content (AvgIpc) is 2.59. The molecule has 0 radical (unpaired) electrons. The van der Waals surface area contributed by atoms with Crippen molar-refractivity contribution < 1.29 is 6.85 Å². The zero-order valence-electron chi connectivity index (χ0n) is 15.0. The van der Waals surface area contributed by atoms with Crippen LogP contribution in [0.1, 0.15) is 6.85 Å². The minimum Gasteiger partial charge on any atom is -0.0622 e.